The molecule has 2 heterocycles. The average Bonchev–Trinajstić information content (AvgIpc) is 3.46. The predicted molar refractivity (Wildman–Crippen MR) is 98.2 cm³/mol. The van der Waals surface area contributed by atoms with Gasteiger partial charge in [0.15, 0.2) is 0 Å². The number of hydrogen-bond acceptors (Lipinski definition) is 6. The van der Waals surface area contributed by atoms with Crippen LogP contribution < -0.4 is 15.4 Å². The van der Waals surface area contributed by atoms with Crippen molar-refractivity contribution < 1.29 is 4.74 Å². The molecule has 2 aromatic heterocycles. The first kappa shape index (κ1) is 15.4. The fraction of sp³-hybridized carbons (Fsp3) is 0.211. The van der Waals surface area contributed by atoms with Gasteiger partial charge in [0.25, 0.3) is 0 Å². The van der Waals surface area contributed by atoms with Crippen molar-refractivity contribution in [2.75, 3.05) is 17.7 Å². The number of nitrogens with one attached hydrogen (secondary N) is 2. The minimum absolute atomic E-state index is 0.480. The number of benzene rings is 1. The summed E-state index contributed by atoms with van der Waals surface area (Å²) in [4.78, 5) is 13.4. The first-order valence-corrected chi connectivity index (χ1v) is 8.27. The predicted octanol–water partition coefficient (Wildman–Crippen LogP) is 3.87. The highest BCUT2D eigenvalue weighted by molar-refractivity contribution is 5.67. The SMILES string of the molecule is COc1cccc(Nc2cc(-c3cccnc3)nc(NC3CC3)n2)c1. The lowest BCUT2D eigenvalue weighted by atomic mass is 10.2. The van der Waals surface area contributed by atoms with E-state index in [9.17, 15) is 0 Å². The molecule has 1 saturated carbocycles. The molecular weight excluding hydrogens is 314 g/mol. The molecule has 0 saturated heterocycles. The maximum absolute atomic E-state index is 5.28. The van der Waals surface area contributed by atoms with Crippen LogP contribution in [0.15, 0.2) is 54.9 Å². The first-order valence-electron chi connectivity index (χ1n) is 8.27. The van der Waals surface area contributed by atoms with Gasteiger partial charge in [-0.3, -0.25) is 4.98 Å². The average molecular weight is 333 g/mol. The van der Waals surface area contributed by atoms with Gasteiger partial charge in [-0.15, -0.1) is 0 Å². The fourth-order valence-electron chi connectivity index (χ4n) is 2.50. The summed E-state index contributed by atoms with van der Waals surface area (Å²) in [6.07, 6.45) is 5.89. The van der Waals surface area contributed by atoms with Crippen LogP contribution in [0.4, 0.5) is 17.5 Å². The Bertz CT molecular complexity index is 865. The first-order chi connectivity index (χ1) is 12.3. The highest BCUT2D eigenvalue weighted by Crippen LogP contribution is 2.27. The maximum atomic E-state index is 5.28. The number of ether oxygens (including phenoxy) is 1. The molecule has 0 unspecified atom stereocenters. The summed E-state index contributed by atoms with van der Waals surface area (Å²) in [6, 6.07) is 14.1. The van der Waals surface area contributed by atoms with Gasteiger partial charge in [-0.1, -0.05) is 6.07 Å². The van der Waals surface area contributed by atoms with E-state index in [0.29, 0.717) is 12.0 Å². The van der Waals surface area contributed by atoms with Gasteiger partial charge in [0.2, 0.25) is 5.95 Å². The fourth-order valence-corrected chi connectivity index (χ4v) is 2.50. The van der Waals surface area contributed by atoms with E-state index in [1.165, 1.54) is 12.8 Å². The van der Waals surface area contributed by atoms with E-state index < -0.39 is 0 Å². The Morgan fingerprint density at radius 1 is 1.08 bits per heavy atom. The van der Waals surface area contributed by atoms with Gasteiger partial charge >= 0.3 is 0 Å². The number of methoxy groups -OCH3 is 1. The van der Waals surface area contributed by atoms with E-state index in [1.54, 1.807) is 19.5 Å². The van der Waals surface area contributed by atoms with Gasteiger partial charge in [0.1, 0.15) is 11.6 Å². The van der Waals surface area contributed by atoms with E-state index in [0.717, 1.165) is 28.5 Å². The molecule has 0 atom stereocenters. The molecule has 6 nitrogen and oxygen atoms in total. The Morgan fingerprint density at radius 3 is 2.76 bits per heavy atom. The number of pyridine rings is 1. The van der Waals surface area contributed by atoms with Crippen LogP contribution in [-0.2, 0) is 0 Å². The Labute approximate surface area is 146 Å². The second-order valence-corrected chi connectivity index (χ2v) is 5.98. The normalized spacial score (nSPS) is 13.3. The van der Waals surface area contributed by atoms with E-state index in [4.69, 9.17) is 4.74 Å². The Balaban J connectivity index is 1.67. The Hall–Kier alpha value is -3.15. The summed E-state index contributed by atoms with van der Waals surface area (Å²) in [7, 11) is 1.65. The number of nitrogens with zero attached hydrogens (tertiary/aromatic N) is 3. The molecule has 3 aromatic rings. The van der Waals surface area contributed by atoms with Crippen molar-refractivity contribution in [2.45, 2.75) is 18.9 Å². The van der Waals surface area contributed by atoms with Gasteiger partial charge in [-0.2, -0.15) is 4.98 Å². The zero-order chi connectivity index (χ0) is 17.1. The highest BCUT2D eigenvalue weighted by Gasteiger charge is 2.22. The van der Waals surface area contributed by atoms with Crippen LogP contribution in [0.1, 0.15) is 12.8 Å². The molecule has 1 aliphatic carbocycles. The van der Waals surface area contributed by atoms with E-state index in [-0.39, 0.29) is 0 Å². The van der Waals surface area contributed by atoms with Crippen molar-refractivity contribution in [1.29, 1.82) is 0 Å². The van der Waals surface area contributed by atoms with Crippen molar-refractivity contribution in [3.8, 4) is 17.0 Å². The molecule has 1 fully saturated rings. The summed E-state index contributed by atoms with van der Waals surface area (Å²) in [5.74, 6) is 2.15. The monoisotopic (exact) mass is 333 g/mol. The zero-order valence-electron chi connectivity index (χ0n) is 13.9. The number of hydrogen-bond donors (Lipinski definition) is 2. The van der Waals surface area contributed by atoms with Gasteiger partial charge in [0, 0.05) is 41.8 Å². The Kier molecular flexibility index (Phi) is 4.16. The molecule has 0 aliphatic heterocycles. The second kappa shape index (κ2) is 6.76. The number of aromatic nitrogens is 3. The summed E-state index contributed by atoms with van der Waals surface area (Å²) < 4.78 is 5.28. The topological polar surface area (TPSA) is 72.0 Å². The molecule has 6 heteroatoms. The van der Waals surface area contributed by atoms with Crippen LogP contribution in [0, 0.1) is 0 Å². The highest BCUT2D eigenvalue weighted by atomic mass is 16.5. The number of rotatable bonds is 6. The quantitative estimate of drug-likeness (QED) is 0.713. The summed E-state index contributed by atoms with van der Waals surface area (Å²) in [6.45, 7) is 0. The van der Waals surface area contributed by atoms with Crippen LogP contribution >= 0.6 is 0 Å². The molecule has 0 bridgehead atoms. The molecule has 0 amide bonds. The lowest BCUT2D eigenvalue weighted by Crippen LogP contribution is -2.07. The summed E-state index contributed by atoms with van der Waals surface area (Å²) >= 11 is 0. The smallest absolute Gasteiger partial charge is 0.225 e. The standard InChI is InChI=1S/C19H19N5O/c1-25-16-6-2-5-15(10-16)21-18-11-17(13-4-3-9-20-12-13)23-19(24-18)22-14-7-8-14/h2-6,9-12,14H,7-8H2,1H3,(H2,21,22,23,24). The molecule has 2 N–H and O–H groups in total. The Morgan fingerprint density at radius 2 is 2.00 bits per heavy atom. The molecule has 126 valence electrons. The van der Waals surface area contributed by atoms with Gasteiger partial charge in [-0.05, 0) is 37.1 Å². The summed E-state index contributed by atoms with van der Waals surface area (Å²) in [5, 5.41) is 6.70. The van der Waals surface area contributed by atoms with Crippen LogP contribution in [0.2, 0.25) is 0 Å². The molecule has 25 heavy (non-hydrogen) atoms. The van der Waals surface area contributed by atoms with Crippen LogP contribution in [0.25, 0.3) is 11.3 Å². The lowest BCUT2D eigenvalue weighted by Gasteiger charge is -2.11. The molecule has 1 aliphatic rings. The van der Waals surface area contributed by atoms with E-state index in [2.05, 4.69) is 25.6 Å². The van der Waals surface area contributed by atoms with Crippen LogP contribution in [0.5, 0.6) is 5.75 Å². The van der Waals surface area contributed by atoms with E-state index in [1.807, 2.05) is 42.5 Å². The van der Waals surface area contributed by atoms with Gasteiger partial charge < -0.3 is 15.4 Å². The van der Waals surface area contributed by atoms with Crippen LogP contribution in [0.3, 0.4) is 0 Å². The third-order valence-corrected chi connectivity index (χ3v) is 3.94. The maximum Gasteiger partial charge on any atom is 0.225 e. The summed E-state index contributed by atoms with van der Waals surface area (Å²) in [5.41, 5.74) is 2.70. The minimum atomic E-state index is 0.480. The third-order valence-electron chi connectivity index (χ3n) is 3.94. The van der Waals surface area contributed by atoms with Crippen molar-refractivity contribution in [1.82, 2.24) is 15.0 Å². The minimum Gasteiger partial charge on any atom is -0.497 e. The van der Waals surface area contributed by atoms with Crippen molar-refractivity contribution >= 4 is 17.5 Å². The molecular formula is C19H19N5O. The van der Waals surface area contributed by atoms with Gasteiger partial charge in [-0.25, -0.2) is 4.98 Å². The second-order valence-electron chi connectivity index (χ2n) is 5.98. The molecule has 0 radical (unpaired) electrons. The molecule has 4 rings (SSSR count). The van der Waals surface area contributed by atoms with Crippen molar-refractivity contribution in [2.24, 2.45) is 0 Å². The zero-order valence-corrected chi connectivity index (χ0v) is 13.9. The van der Waals surface area contributed by atoms with E-state index >= 15 is 0 Å². The molecule has 0 spiro atoms. The van der Waals surface area contributed by atoms with Crippen molar-refractivity contribution in [3.05, 3.63) is 54.9 Å². The molecule has 1 aromatic carbocycles. The number of anilines is 3. The lowest BCUT2D eigenvalue weighted by molar-refractivity contribution is 0.415. The third kappa shape index (κ3) is 3.85. The van der Waals surface area contributed by atoms with Gasteiger partial charge in [0.05, 0.1) is 12.8 Å². The largest absolute Gasteiger partial charge is 0.497 e. The van der Waals surface area contributed by atoms with Crippen LogP contribution in [-0.4, -0.2) is 28.1 Å². The van der Waals surface area contributed by atoms with Crippen molar-refractivity contribution in [3.63, 3.8) is 0 Å².